The Morgan fingerprint density at radius 3 is 2.83 bits per heavy atom. The first-order valence-corrected chi connectivity index (χ1v) is 9.90. The zero-order chi connectivity index (χ0) is 21.0. The van der Waals surface area contributed by atoms with Gasteiger partial charge in [-0.15, -0.1) is 0 Å². The van der Waals surface area contributed by atoms with Gasteiger partial charge in [0.25, 0.3) is 0 Å². The number of halogens is 3. The first kappa shape index (κ1) is 23.4. The number of ether oxygens (including phenoxy) is 3. The summed E-state index contributed by atoms with van der Waals surface area (Å²) < 4.78 is 52.3. The van der Waals surface area contributed by atoms with Crippen LogP contribution in [0.4, 0.5) is 13.2 Å². The highest BCUT2D eigenvalue weighted by atomic mass is 19.4. The van der Waals surface area contributed by atoms with E-state index >= 15 is 0 Å². The van der Waals surface area contributed by atoms with Crippen LogP contribution in [0, 0.1) is 0 Å². The Labute approximate surface area is 169 Å². The van der Waals surface area contributed by atoms with Crippen LogP contribution < -0.4 is 10.6 Å². The summed E-state index contributed by atoms with van der Waals surface area (Å²) in [4.78, 5) is 4.53. The maximum absolute atomic E-state index is 12.2. The maximum atomic E-state index is 12.2. The van der Waals surface area contributed by atoms with Crippen molar-refractivity contribution in [2.45, 2.75) is 45.2 Å². The Bertz CT molecular complexity index is 620. The van der Waals surface area contributed by atoms with Crippen molar-refractivity contribution in [1.29, 1.82) is 0 Å². The maximum Gasteiger partial charge on any atom is 0.411 e. The van der Waals surface area contributed by atoms with Crippen LogP contribution in [-0.2, 0) is 27.4 Å². The third kappa shape index (κ3) is 10.5. The molecule has 0 aliphatic carbocycles. The lowest BCUT2D eigenvalue weighted by molar-refractivity contribution is -0.176. The zero-order valence-corrected chi connectivity index (χ0v) is 16.8. The minimum Gasteiger partial charge on any atom is -0.379 e. The van der Waals surface area contributed by atoms with Crippen molar-refractivity contribution in [3.63, 3.8) is 0 Å². The Morgan fingerprint density at radius 1 is 1.28 bits per heavy atom. The van der Waals surface area contributed by atoms with Crippen molar-refractivity contribution in [2.75, 3.05) is 39.5 Å². The molecule has 0 bridgehead atoms. The molecule has 2 rings (SSSR count). The molecular weight excluding hydrogens is 387 g/mol. The van der Waals surface area contributed by atoms with Crippen LogP contribution in [0.1, 0.15) is 30.9 Å². The lowest BCUT2D eigenvalue weighted by Crippen LogP contribution is -2.38. The molecule has 9 heteroatoms. The first-order chi connectivity index (χ1) is 14.0. The Balaban J connectivity index is 1.74. The predicted octanol–water partition coefficient (Wildman–Crippen LogP) is 3.02. The molecule has 1 aromatic carbocycles. The molecule has 0 saturated carbocycles. The van der Waals surface area contributed by atoms with E-state index in [1.165, 1.54) is 0 Å². The molecule has 164 valence electrons. The molecule has 1 aliphatic rings. The van der Waals surface area contributed by atoms with E-state index in [-0.39, 0.29) is 12.7 Å². The highest BCUT2D eigenvalue weighted by molar-refractivity contribution is 5.79. The number of hydrogen-bond acceptors (Lipinski definition) is 4. The van der Waals surface area contributed by atoms with Gasteiger partial charge in [-0.05, 0) is 30.9 Å². The fourth-order valence-electron chi connectivity index (χ4n) is 2.79. The lowest BCUT2D eigenvalue weighted by Gasteiger charge is -2.13. The number of alkyl halides is 3. The molecular formula is C20H30F3N3O3. The molecule has 1 aliphatic heterocycles. The van der Waals surface area contributed by atoms with Crippen molar-refractivity contribution < 1.29 is 27.4 Å². The SMILES string of the molecule is CCNC(=NCc1cccc(COCC(F)(F)F)c1)NCCCOC1CCOC1. The van der Waals surface area contributed by atoms with E-state index in [0.717, 1.165) is 38.1 Å². The second kappa shape index (κ2) is 12.7. The summed E-state index contributed by atoms with van der Waals surface area (Å²) in [6.45, 7) is 4.64. The first-order valence-electron chi connectivity index (χ1n) is 9.90. The molecule has 2 N–H and O–H groups in total. The van der Waals surface area contributed by atoms with Crippen LogP contribution in [0.15, 0.2) is 29.3 Å². The van der Waals surface area contributed by atoms with Gasteiger partial charge in [-0.25, -0.2) is 4.99 Å². The van der Waals surface area contributed by atoms with Gasteiger partial charge in [0.05, 0.1) is 25.9 Å². The molecule has 1 heterocycles. The zero-order valence-electron chi connectivity index (χ0n) is 16.8. The molecule has 0 radical (unpaired) electrons. The molecule has 0 amide bonds. The van der Waals surface area contributed by atoms with Gasteiger partial charge in [-0.1, -0.05) is 24.3 Å². The van der Waals surface area contributed by atoms with E-state index in [1.807, 2.05) is 13.0 Å². The summed E-state index contributed by atoms with van der Waals surface area (Å²) in [6, 6.07) is 7.22. The number of nitrogens with one attached hydrogen (secondary N) is 2. The number of hydrogen-bond donors (Lipinski definition) is 2. The molecule has 29 heavy (non-hydrogen) atoms. The Morgan fingerprint density at radius 2 is 2.10 bits per heavy atom. The summed E-state index contributed by atoms with van der Waals surface area (Å²) >= 11 is 0. The Hall–Kier alpha value is -1.84. The van der Waals surface area contributed by atoms with Crippen molar-refractivity contribution in [3.05, 3.63) is 35.4 Å². The smallest absolute Gasteiger partial charge is 0.379 e. The van der Waals surface area contributed by atoms with Crippen LogP contribution in [0.5, 0.6) is 0 Å². The quantitative estimate of drug-likeness (QED) is 0.329. The number of benzene rings is 1. The van der Waals surface area contributed by atoms with E-state index in [4.69, 9.17) is 14.2 Å². The molecule has 1 saturated heterocycles. The van der Waals surface area contributed by atoms with Gasteiger partial charge in [-0.2, -0.15) is 13.2 Å². The minimum absolute atomic E-state index is 0.0819. The minimum atomic E-state index is -4.32. The van der Waals surface area contributed by atoms with Gasteiger partial charge < -0.3 is 24.8 Å². The summed E-state index contributed by atoms with van der Waals surface area (Å²) in [5.74, 6) is 0.690. The second-order valence-corrected chi connectivity index (χ2v) is 6.76. The van der Waals surface area contributed by atoms with Gasteiger partial charge >= 0.3 is 6.18 Å². The second-order valence-electron chi connectivity index (χ2n) is 6.76. The van der Waals surface area contributed by atoms with Crippen molar-refractivity contribution in [2.24, 2.45) is 4.99 Å². The van der Waals surface area contributed by atoms with Gasteiger partial charge in [0.2, 0.25) is 0 Å². The molecule has 1 atom stereocenters. The van der Waals surface area contributed by atoms with Crippen LogP contribution >= 0.6 is 0 Å². The van der Waals surface area contributed by atoms with Crippen molar-refractivity contribution >= 4 is 5.96 Å². The van der Waals surface area contributed by atoms with Crippen molar-refractivity contribution in [3.8, 4) is 0 Å². The van der Waals surface area contributed by atoms with E-state index < -0.39 is 12.8 Å². The van der Waals surface area contributed by atoms with E-state index in [0.29, 0.717) is 31.3 Å². The molecule has 0 aromatic heterocycles. The van der Waals surface area contributed by atoms with Crippen LogP contribution in [0.2, 0.25) is 0 Å². The summed E-state index contributed by atoms with van der Waals surface area (Å²) in [6.07, 6.45) is -2.29. The predicted molar refractivity (Wildman–Crippen MR) is 105 cm³/mol. The van der Waals surface area contributed by atoms with Gasteiger partial charge in [0.15, 0.2) is 5.96 Å². The average molecular weight is 417 g/mol. The van der Waals surface area contributed by atoms with Crippen LogP contribution in [0.3, 0.4) is 0 Å². The normalized spacial score (nSPS) is 17.5. The number of aliphatic imine (C=N–C) groups is 1. The van der Waals surface area contributed by atoms with E-state index in [1.54, 1.807) is 18.2 Å². The average Bonchev–Trinajstić information content (AvgIpc) is 3.18. The Kier molecular flexibility index (Phi) is 10.2. The third-order valence-electron chi connectivity index (χ3n) is 4.14. The molecule has 1 fully saturated rings. The van der Waals surface area contributed by atoms with Gasteiger partial charge in [0, 0.05) is 26.3 Å². The number of guanidine groups is 1. The number of nitrogens with zero attached hydrogens (tertiary/aromatic N) is 1. The third-order valence-corrected chi connectivity index (χ3v) is 4.14. The summed E-state index contributed by atoms with van der Waals surface area (Å²) in [5.41, 5.74) is 1.59. The largest absolute Gasteiger partial charge is 0.411 e. The van der Waals surface area contributed by atoms with Crippen LogP contribution in [-0.4, -0.2) is 57.8 Å². The van der Waals surface area contributed by atoms with Gasteiger partial charge in [-0.3, -0.25) is 0 Å². The van der Waals surface area contributed by atoms with Crippen molar-refractivity contribution in [1.82, 2.24) is 10.6 Å². The molecule has 6 nitrogen and oxygen atoms in total. The molecule has 1 unspecified atom stereocenters. The fourth-order valence-corrected chi connectivity index (χ4v) is 2.79. The monoisotopic (exact) mass is 417 g/mol. The topological polar surface area (TPSA) is 64.1 Å². The standard InChI is InChI=1S/C20H30F3N3O3/c1-2-24-19(25-8-4-9-29-18-7-10-27-14-18)26-12-16-5-3-6-17(11-16)13-28-15-20(21,22)23/h3,5-6,11,18H,2,4,7-10,12-15H2,1H3,(H2,24,25,26). The summed E-state index contributed by atoms with van der Waals surface area (Å²) in [7, 11) is 0. The number of rotatable bonds is 11. The van der Waals surface area contributed by atoms with E-state index in [9.17, 15) is 13.2 Å². The molecule has 0 spiro atoms. The highest BCUT2D eigenvalue weighted by Gasteiger charge is 2.27. The van der Waals surface area contributed by atoms with Crippen LogP contribution in [0.25, 0.3) is 0 Å². The van der Waals surface area contributed by atoms with Gasteiger partial charge in [0.1, 0.15) is 6.61 Å². The highest BCUT2D eigenvalue weighted by Crippen LogP contribution is 2.16. The lowest BCUT2D eigenvalue weighted by atomic mass is 10.1. The van der Waals surface area contributed by atoms with E-state index in [2.05, 4.69) is 15.6 Å². The fraction of sp³-hybridized carbons (Fsp3) is 0.650. The molecule has 1 aromatic rings. The summed E-state index contributed by atoms with van der Waals surface area (Å²) in [5, 5.41) is 6.44.